The van der Waals surface area contributed by atoms with Gasteiger partial charge >= 0.3 is 6.18 Å². The van der Waals surface area contributed by atoms with Crippen molar-refractivity contribution in [2.24, 2.45) is 0 Å². The fourth-order valence-corrected chi connectivity index (χ4v) is 5.60. The average Bonchev–Trinajstić information content (AvgIpc) is 3.38. The summed E-state index contributed by atoms with van der Waals surface area (Å²) in [6.45, 7) is 4.22. The summed E-state index contributed by atoms with van der Waals surface area (Å²) in [7, 11) is 0. The predicted octanol–water partition coefficient (Wildman–Crippen LogP) is 4.66. The molecule has 3 aromatic rings. The molecule has 3 aromatic carbocycles. The number of hydrogen-bond donors (Lipinski definition) is 1. The van der Waals surface area contributed by atoms with Crippen molar-refractivity contribution in [1.29, 1.82) is 5.26 Å². The summed E-state index contributed by atoms with van der Waals surface area (Å²) in [5.41, 5.74) is 2.77. The van der Waals surface area contributed by atoms with E-state index in [4.69, 9.17) is 0 Å². The number of alkyl halides is 3. The minimum atomic E-state index is -4.35. The van der Waals surface area contributed by atoms with Crippen molar-refractivity contribution in [1.82, 2.24) is 15.1 Å². The molecule has 0 spiro atoms. The number of anilines is 1. The zero-order valence-corrected chi connectivity index (χ0v) is 22.1. The number of para-hydroxylation sites is 1. The molecule has 0 unspecified atom stereocenters. The van der Waals surface area contributed by atoms with Gasteiger partial charge in [0.2, 0.25) is 5.91 Å². The van der Waals surface area contributed by atoms with Crippen molar-refractivity contribution in [3.05, 3.63) is 101 Å². The van der Waals surface area contributed by atoms with Crippen molar-refractivity contribution in [3.8, 4) is 6.07 Å². The molecule has 1 N–H and O–H groups in total. The Labute approximate surface area is 232 Å². The van der Waals surface area contributed by atoms with E-state index in [0.717, 1.165) is 28.9 Å². The van der Waals surface area contributed by atoms with Crippen LogP contribution in [0.25, 0.3) is 0 Å². The van der Waals surface area contributed by atoms with E-state index >= 15 is 0 Å². The van der Waals surface area contributed by atoms with Crippen molar-refractivity contribution < 1.29 is 18.0 Å². The number of halogens is 3. The van der Waals surface area contributed by atoms with Crippen LogP contribution in [-0.4, -0.2) is 60.5 Å². The third kappa shape index (κ3) is 6.46. The number of nitrogens with one attached hydrogen (secondary N) is 1. The van der Waals surface area contributed by atoms with Crippen molar-refractivity contribution in [2.45, 2.75) is 37.8 Å². The van der Waals surface area contributed by atoms with Gasteiger partial charge in [-0.25, -0.2) is 0 Å². The molecule has 2 saturated heterocycles. The molecule has 0 aromatic heterocycles. The molecular formula is C31H32F3N5O. The van der Waals surface area contributed by atoms with Gasteiger partial charge in [0.05, 0.1) is 22.9 Å². The van der Waals surface area contributed by atoms with Gasteiger partial charge in [0.15, 0.2) is 0 Å². The molecule has 2 heterocycles. The van der Waals surface area contributed by atoms with Gasteiger partial charge in [0, 0.05) is 51.9 Å². The fraction of sp³-hybridized carbons (Fsp3) is 0.355. The number of hydrogen-bond acceptors (Lipinski definition) is 5. The predicted molar refractivity (Wildman–Crippen MR) is 147 cm³/mol. The van der Waals surface area contributed by atoms with Crippen LogP contribution in [0.4, 0.5) is 18.9 Å². The summed E-state index contributed by atoms with van der Waals surface area (Å²) in [5.74, 6) is 0.1000. The molecule has 0 saturated carbocycles. The summed E-state index contributed by atoms with van der Waals surface area (Å²) in [6.07, 6.45) is -3.72. The zero-order valence-electron chi connectivity index (χ0n) is 22.1. The van der Waals surface area contributed by atoms with Crippen LogP contribution in [0.2, 0.25) is 0 Å². The van der Waals surface area contributed by atoms with Crippen LogP contribution < -0.4 is 10.2 Å². The van der Waals surface area contributed by atoms with Gasteiger partial charge in [-0.3, -0.25) is 9.69 Å². The third-order valence-corrected chi connectivity index (χ3v) is 7.75. The normalized spacial score (nSPS) is 19.9. The number of carbonyl (C=O) groups is 1. The van der Waals surface area contributed by atoms with Crippen LogP contribution in [0, 0.1) is 11.3 Å². The first kappa shape index (κ1) is 27.7. The maximum atomic E-state index is 13.8. The second-order valence-electron chi connectivity index (χ2n) is 10.4. The first-order valence-electron chi connectivity index (χ1n) is 13.5. The Morgan fingerprint density at radius 2 is 1.57 bits per heavy atom. The van der Waals surface area contributed by atoms with E-state index in [2.05, 4.69) is 33.3 Å². The van der Waals surface area contributed by atoms with Gasteiger partial charge in [-0.1, -0.05) is 54.6 Å². The topological polar surface area (TPSA) is 62.6 Å². The molecule has 2 aliphatic rings. The molecule has 2 fully saturated rings. The van der Waals surface area contributed by atoms with Gasteiger partial charge in [0.1, 0.15) is 6.07 Å². The standard InChI is InChI=1S/C31H32F3N5O/c32-31(33,34)26-12-10-23(11-13-26)20-36-27-18-29(39(22-27)21-24-6-2-1-3-7-24)30(40)38-16-14-37(15-17-38)28-9-5-4-8-25(28)19-35/h1-13,27,29,36H,14-18,20-22H2/t27-,29-/m0/s1. The first-order chi connectivity index (χ1) is 19.3. The van der Waals surface area contributed by atoms with E-state index in [9.17, 15) is 23.2 Å². The molecule has 6 nitrogen and oxygen atoms in total. The lowest BCUT2D eigenvalue weighted by molar-refractivity contribution is -0.138. The Balaban J connectivity index is 1.23. The lowest BCUT2D eigenvalue weighted by Crippen LogP contribution is -2.53. The highest BCUT2D eigenvalue weighted by atomic mass is 19.4. The SMILES string of the molecule is N#Cc1ccccc1N1CCN(C(=O)[C@@H]2C[C@H](NCc3ccc(C(F)(F)F)cc3)CN2Cc2ccccc2)CC1. The molecular weight excluding hydrogens is 515 g/mol. The number of likely N-dealkylation sites (tertiary alicyclic amines) is 1. The summed E-state index contributed by atoms with van der Waals surface area (Å²) >= 11 is 0. The van der Waals surface area contributed by atoms with Crippen LogP contribution in [0.5, 0.6) is 0 Å². The second-order valence-corrected chi connectivity index (χ2v) is 10.4. The lowest BCUT2D eigenvalue weighted by atomic mass is 10.1. The van der Waals surface area contributed by atoms with Crippen LogP contribution in [-0.2, 0) is 24.1 Å². The Bertz CT molecular complexity index is 1330. The van der Waals surface area contributed by atoms with Crippen LogP contribution in [0.15, 0.2) is 78.9 Å². The van der Waals surface area contributed by atoms with Crippen molar-refractivity contribution in [3.63, 3.8) is 0 Å². The average molecular weight is 548 g/mol. The number of rotatable bonds is 7. The maximum Gasteiger partial charge on any atom is 0.416 e. The maximum absolute atomic E-state index is 13.8. The monoisotopic (exact) mass is 547 g/mol. The first-order valence-corrected chi connectivity index (χ1v) is 13.5. The minimum Gasteiger partial charge on any atom is -0.367 e. The zero-order chi connectivity index (χ0) is 28.1. The summed E-state index contributed by atoms with van der Waals surface area (Å²) in [5, 5.41) is 12.9. The molecule has 5 rings (SSSR count). The van der Waals surface area contributed by atoms with E-state index in [1.165, 1.54) is 12.1 Å². The number of nitrogens with zero attached hydrogens (tertiary/aromatic N) is 4. The molecule has 1 amide bonds. The van der Waals surface area contributed by atoms with Gasteiger partial charge in [0.25, 0.3) is 0 Å². The number of nitriles is 1. The van der Waals surface area contributed by atoms with E-state index in [1.807, 2.05) is 47.4 Å². The highest BCUT2D eigenvalue weighted by Crippen LogP contribution is 2.29. The largest absolute Gasteiger partial charge is 0.416 e. The minimum absolute atomic E-state index is 0.0312. The van der Waals surface area contributed by atoms with Gasteiger partial charge < -0.3 is 15.1 Å². The number of carbonyl (C=O) groups excluding carboxylic acids is 1. The number of benzene rings is 3. The van der Waals surface area contributed by atoms with Crippen molar-refractivity contribution >= 4 is 11.6 Å². The Morgan fingerprint density at radius 1 is 0.900 bits per heavy atom. The van der Waals surface area contributed by atoms with E-state index < -0.39 is 11.7 Å². The summed E-state index contributed by atoms with van der Waals surface area (Å²) < 4.78 is 38.7. The molecule has 0 radical (unpaired) electrons. The van der Waals surface area contributed by atoms with Crippen LogP contribution in [0.1, 0.15) is 28.7 Å². The Kier molecular flexibility index (Phi) is 8.38. The molecule has 40 heavy (non-hydrogen) atoms. The molecule has 208 valence electrons. The lowest BCUT2D eigenvalue weighted by Gasteiger charge is -2.38. The van der Waals surface area contributed by atoms with Gasteiger partial charge in [-0.2, -0.15) is 18.4 Å². The Morgan fingerprint density at radius 3 is 2.25 bits per heavy atom. The van der Waals surface area contributed by atoms with E-state index in [1.54, 1.807) is 0 Å². The van der Waals surface area contributed by atoms with Crippen molar-refractivity contribution in [2.75, 3.05) is 37.6 Å². The Hall–Kier alpha value is -3.87. The smallest absolute Gasteiger partial charge is 0.367 e. The van der Waals surface area contributed by atoms with Crippen LogP contribution in [0.3, 0.4) is 0 Å². The second kappa shape index (κ2) is 12.1. The van der Waals surface area contributed by atoms with Crippen LogP contribution >= 0.6 is 0 Å². The summed E-state index contributed by atoms with van der Waals surface area (Å²) in [4.78, 5) is 20.1. The molecule has 0 bridgehead atoms. The van der Waals surface area contributed by atoms with E-state index in [0.29, 0.717) is 57.8 Å². The number of piperazine rings is 1. The molecule has 0 aliphatic carbocycles. The highest BCUT2D eigenvalue weighted by Gasteiger charge is 2.39. The fourth-order valence-electron chi connectivity index (χ4n) is 5.60. The highest BCUT2D eigenvalue weighted by molar-refractivity contribution is 5.82. The molecule has 2 aliphatic heterocycles. The molecule has 2 atom stereocenters. The van der Waals surface area contributed by atoms with Gasteiger partial charge in [-0.05, 0) is 41.8 Å². The quantitative estimate of drug-likeness (QED) is 0.466. The number of amides is 1. The summed E-state index contributed by atoms with van der Waals surface area (Å²) in [6, 6.07) is 24.8. The third-order valence-electron chi connectivity index (χ3n) is 7.75. The van der Waals surface area contributed by atoms with E-state index in [-0.39, 0.29) is 18.0 Å². The van der Waals surface area contributed by atoms with Gasteiger partial charge in [-0.15, -0.1) is 0 Å². The molecule has 9 heteroatoms.